The van der Waals surface area contributed by atoms with E-state index in [0.29, 0.717) is 16.4 Å². The molecular formula is C22H17ClN4O. The topological polar surface area (TPSA) is 66.9 Å². The minimum absolute atomic E-state index is 0.301. The maximum atomic E-state index is 12.6. The zero-order valence-corrected chi connectivity index (χ0v) is 15.9. The number of halogens is 1. The van der Waals surface area contributed by atoms with E-state index < -0.39 is 0 Å². The molecule has 0 aliphatic rings. The molecule has 0 unspecified atom stereocenters. The number of nitrogens with one attached hydrogen (secondary N) is 2. The molecule has 0 saturated heterocycles. The van der Waals surface area contributed by atoms with Crippen LogP contribution in [-0.2, 0) is 0 Å². The summed E-state index contributed by atoms with van der Waals surface area (Å²) in [5.74, 6) is -0.301. The number of amides is 1. The van der Waals surface area contributed by atoms with E-state index in [-0.39, 0.29) is 5.91 Å². The number of carbonyl (C=O) groups excluding carboxylic acids is 1. The molecule has 0 radical (unpaired) electrons. The molecule has 28 heavy (non-hydrogen) atoms. The maximum absolute atomic E-state index is 12.6. The Bertz CT molecular complexity index is 1170. The van der Waals surface area contributed by atoms with Crippen LogP contribution in [0.5, 0.6) is 0 Å². The van der Waals surface area contributed by atoms with Crippen molar-refractivity contribution in [3.63, 3.8) is 0 Å². The van der Waals surface area contributed by atoms with Crippen LogP contribution in [0, 0.1) is 6.92 Å². The van der Waals surface area contributed by atoms with Crippen molar-refractivity contribution in [3.05, 3.63) is 89.3 Å². The second-order valence-corrected chi connectivity index (χ2v) is 6.71. The number of anilines is 3. The fraction of sp³-hybridized carbons (Fsp3) is 0.0455. The fourth-order valence-corrected chi connectivity index (χ4v) is 3.10. The predicted molar refractivity (Wildman–Crippen MR) is 113 cm³/mol. The van der Waals surface area contributed by atoms with E-state index in [1.807, 2.05) is 49.4 Å². The van der Waals surface area contributed by atoms with Gasteiger partial charge < -0.3 is 10.6 Å². The summed E-state index contributed by atoms with van der Waals surface area (Å²) in [7, 11) is 0. The molecule has 2 aromatic heterocycles. The van der Waals surface area contributed by atoms with Crippen molar-refractivity contribution in [2.45, 2.75) is 6.92 Å². The second kappa shape index (κ2) is 7.66. The average molecular weight is 389 g/mol. The Morgan fingerprint density at radius 3 is 2.61 bits per heavy atom. The van der Waals surface area contributed by atoms with Crippen LogP contribution >= 0.6 is 11.6 Å². The Kier molecular flexibility index (Phi) is 4.91. The van der Waals surface area contributed by atoms with E-state index in [2.05, 4.69) is 20.6 Å². The molecule has 2 aromatic carbocycles. The van der Waals surface area contributed by atoms with Gasteiger partial charge in [0.05, 0.1) is 11.2 Å². The molecule has 0 fully saturated rings. The van der Waals surface area contributed by atoms with Gasteiger partial charge in [0.2, 0.25) is 0 Å². The van der Waals surface area contributed by atoms with Gasteiger partial charge in [0, 0.05) is 34.2 Å². The number of benzene rings is 2. The zero-order valence-electron chi connectivity index (χ0n) is 15.1. The van der Waals surface area contributed by atoms with E-state index in [1.165, 1.54) is 0 Å². The molecule has 0 aliphatic heterocycles. The van der Waals surface area contributed by atoms with Gasteiger partial charge in [-0.05, 0) is 48.9 Å². The summed E-state index contributed by atoms with van der Waals surface area (Å²) in [6.07, 6.45) is 3.35. The van der Waals surface area contributed by atoms with Crippen molar-refractivity contribution < 1.29 is 4.79 Å². The predicted octanol–water partition coefficient (Wildman–Crippen LogP) is 5.59. The van der Waals surface area contributed by atoms with Gasteiger partial charge in [-0.1, -0.05) is 35.9 Å². The summed E-state index contributed by atoms with van der Waals surface area (Å²) in [6, 6.07) is 18.7. The molecule has 0 aliphatic carbocycles. The van der Waals surface area contributed by atoms with E-state index in [0.717, 1.165) is 27.8 Å². The van der Waals surface area contributed by atoms with Crippen LogP contribution in [-0.4, -0.2) is 15.9 Å². The van der Waals surface area contributed by atoms with Crippen LogP contribution in [0.25, 0.3) is 10.9 Å². The highest BCUT2D eigenvalue weighted by molar-refractivity contribution is 6.31. The lowest BCUT2D eigenvalue weighted by atomic mass is 10.2. The monoisotopic (exact) mass is 388 g/mol. The van der Waals surface area contributed by atoms with Gasteiger partial charge in [-0.25, -0.2) is 0 Å². The molecular weight excluding hydrogens is 372 g/mol. The van der Waals surface area contributed by atoms with Gasteiger partial charge in [-0.3, -0.25) is 14.8 Å². The lowest BCUT2D eigenvalue weighted by molar-refractivity contribution is 0.102. The number of carbonyl (C=O) groups is 1. The zero-order chi connectivity index (χ0) is 19.5. The molecule has 5 nitrogen and oxygen atoms in total. The summed E-state index contributed by atoms with van der Waals surface area (Å²) < 4.78 is 0. The highest BCUT2D eigenvalue weighted by Gasteiger charge is 2.11. The normalized spacial score (nSPS) is 10.6. The van der Waals surface area contributed by atoms with Gasteiger partial charge in [-0.2, -0.15) is 0 Å². The molecule has 0 atom stereocenters. The first-order chi connectivity index (χ1) is 13.6. The number of para-hydroxylation sites is 1. The van der Waals surface area contributed by atoms with Gasteiger partial charge in [-0.15, -0.1) is 0 Å². The summed E-state index contributed by atoms with van der Waals surface area (Å²) in [4.78, 5) is 21.3. The largest absolute Gasteiger partial charge is 0.354 e. The molecule has 0 saturated carbocycles. The maximum Gasteiger partial charge on any atom is 0.274 e. The number of aromatic nitrogens is 2. The summed E-state index contributed by atoms with van der Waals surface area (Å²) >= 11 is 6.12. The Hall–Kier alpha value is -3.44. The van der Waals surface area contributed by atoms with Crippen LogP contribution in [0.15, 0.2) is 73.1 Å². The molecule has 138 valence electrons. The number of nitrogens with zero attached hydrogens (tertiary/aromatic N) is 2. The molecule has 2 heterocycles. The molecule has 4 rings (SSSR count). The first kappa shape index (κ1) is 17.9. The number of hydrogen-bond donors (Lipinski definition) is 2. The lowest BCUT2D eigenvalue weighted by Gasteiger charge is -2.11. The van der Waals surface area contributed by atoms with E-state index in [4.69, 9.17) is 11.6 Å². The van der Waals surface area contributed by atoms with E-state index >= 15 is 0 Å². The van der Waals surface area contributed by atoms with Crippen molar-refractivity contribution in [1.29, 1.82) is 0 Å². The van der Waals surface area contributed by atoms with Crippen LogP contribution < -0.4 is 10.6 Å². The van der Waals surface area contributed by atoms with Crippen molar-refractivity contribution in [2.24, 2.45) is 0 Å². The Balaban J connectivity index is 1.59. The van der Waals surface area contributed by atoms with Crippen LogP contribution in [0.3, 0.4) is 0 Å². The minimum atomic E-state index is -0.301. The molecule has 1 amide bonds. The Morgan fingerprint density at radius 2 is 1.71 bits per heavy atom. The molecule has 4 aromatic rings. The van der Waals surface area contributed by atoms with Crippen molar-refractivity contribution in [2.75, 3.05) is 10.6 Å². The summed E-state index contributed by atoms with van der Waals surface area (Å²) in [5.41, 5.74) is 4.26. The number of pyridine rings is 2. The van der Waals surface area contributed by atoms with Gasteiger partial charge in [0.15, 0.2) is 0 Å². The molecule has 0 spiro atoms. The van der Waals surface area contributed by atoms with Gasteiger partial charge >= 0.3 is 0 Å². The second-order valence-electron chi connectivity index (χ2n) is 6.30. The van der Waals surface area contributed by atoms with Crippen LogP contribution in [0.4, 0.5) is 17.1 Å². The lowest BCUT2D eigenvalue weighted by Crippen LogP contribution is -2.14. The highest BCUT2D eigenvalue weighted by atomic mass is 35.5. The van der Waals surface area contributed by atoms with Crippen molar-refractivity contribution in [1.82, 2.24) is 9.97 Å². The van der Waals surface area contributed by atoms with E-state index in [9.17, 15) is 4.79 Å². The molecule has 0 bridgehead atoms. The summed E-state index contributed by atoms with van der Waals surface area (Å²) in [5, 5.41) is 7.82. The average Bonchev–Trinajstić information content (AvgIpc) is 2.72. The number of rotatable bonds is 4. The first-order valence-electron chi connectivity index (χ1n) is 8.75. The minimum Gasteiger partial charge on any atom is -0.354 e. The van der Waals surface area contributed by atoms with E-state index in [1.54, 1.807) is 30.6 Å². The third kappa shape index (κ3) is 3.66. The molecule has 2 N–H and O–H groups in total. The summed E-state index contributed by atoms with van der Waals surface area (Å²) in [6.45, 7) is 1.86. The third-order valence-corrected chi connectivity index (χ3v) is 4.83. The van der Waals surface area contributed by atoms with Crippen LogP contribution in [0.2, 0.25) is 5.02 Å². The standard InChI is InChI=1S/C22H17ClN4O/c1-14-17(23)7-3-8-18(14)27-22(28)20-13-16(10-12-24-20)26-19-9-2-5-15-6-4-11-25-21(15)19/h2-13H,1H3,(H,24,26)(H,27,28). The van der Waals surface area contributed by atoms with Gasteiger partial charge in [0.25, 0.3) is 5.91 Å². The highest BCUT2D eigenvalue weighted by Crippen LogP contribution is 2.26. The first-order valence-corrected chi connectivity index (χ1v) is 9.13. The molecule has 6 heteroatoms. The Labute approximate surface area is 167 Å². The SMILES string of the molecule is Cc1c(Cl)cccc1NC(=O)c1cc(Nc2cccc3cccnc23)ccn1. The van der Waals surface area contributed by atoms with Gasteiger partial charge in [0.1, 0.15) is 5.69 Å². The number of hydrogen-bond acceptors (Lipinski definition) is 4. The quantitative estimate of drug-likeness (QED) is 0.478. The van der Waals surface area contributed by atoms with Crippen molar-refractivity contribution in [3.8, 4) is 0 Å². The smallest absolute Gasteiger partial charge is 0.274 e. The Morgan fingerprint density at radius 1 is 0.929 bits per heavy atom. The fourth-order valence-electron chi connectivity index (χ4n) is 2.92. The number of fused-ring (bicyclic) bond motifs is 1. The van der Waals surface area contributed by atoms with Crippen LogP contribution in [0.1, 0.15) is 16.1 Å². The van der Waals surface area contributed by atoms with Crippen molar-refractivity contribution >= 4 is 45.5 Å². The third-order valence-electron chi connectivity index (χ3n) is 4.42.